The fourth-order valence-electron chi connectivity index (χ4n) is 3.64. The molecule has 0 unspecified atom stereocenters. The smallest absolute Gasteiger partial charge is 0.191 e. The highest BCUT2D eigenvalue weighted by Gasteiger charge is 2.20. The van der Waals surface area contributed by atoms with Crippen molar-refractivity contribution < 1.29 is 9.47 Å². The number of para-hydroxylation sites is 1. The Kier molecular flexibility index (Phi) is 11.1. The van der Waals surface area contributed by atoms with Crippen molar-refractivity contribution in [2.45, 2.75) is 71.6 Å². The molecule has 1 aromatic heterocycles. The number of methoxy groups -OCH3 is 1. The zero-order valence-electron chi connectivity index (χ0n) is 19.7. The minimum atomic E-state index is 0. The molecule has 1 aliphatic rings. The van der Waals surface area contributed by atoms with Gasteiger partial charge >= 0.3 is 0 Å². The summed E-state index contributed by atoms with van der Waals surface area (Å²) in [6.45, 7) is 6.04. The van der Waals surface area contributed by atoms with Crippen LogP contribution in [-0.4, -0.2) is 40.5 Å². The normalized spacial score (nSPS) is 14.2. The number of aryl methyl sites for hydroxylation is 1. The van der Waals surface area contributed by atoms with Crippen LogP contribution in [0.1, 0.15) is 62.7 Å². The Labute approximate surface area is 208 Å². The van der Waals surface area contributed by atoms with Crippen LogP contribution in [0.2, 0.25) is 0 Å². The lowest BCUT2D eigenvalue weighted by molar-refractivity contribution is 0.198. The maximum Gasteiger partial charge on any atom is 0.191 e. The lowest BCUT2D eigenvalue weighted by Crippen LogP contribution is -2.38. The number of benzene rings is 1. The van der Waals surface area contributed by atoms with E-state index in [2.05, 4.69) is 33.8 Å². The molecule has 0 amide bonds. The van der Waals surface area contributed by atoms with Gasteiger partial charge in [0.15, 0.2) is 23.3 Å². The molecule has 178 valence electrons. The Hall–Kier alpha value is -2.04. The summed E-state index contributed by atoms with van der Waals surface area (Å²) in [5.41, 5.74) is 1.03. The number of nitrogens with one attached hydrogen (secondary N) is 2. The van der Waals surface area contributed by atoms with Crippen LogP contribution in [0.3, 0.4) is 0 Å². The first-order valence-corrected chi connectivity index (χ1v) is 11.3. The molecule has 2 aromatic rings. The van der Waals surface area contributed by atoms with E-state index in [1.165, 1.54) is 12.8 Å². The van der Waals surface area contributed by atoms with Gasteiger partial charge in [-0.2, -0.15) is 0 Å². The SMILES string of the molecule is CCCCNC(=NCc1cccc(OC)c1OC1CCCC1)NCc1nnc(C)n1C.I. The van der Waals surface area contributed by atoms with Crippen LogP contribution in [-0.2, 0) is 20.1 Å². The van der Waals surface area contributed by atoms with Crippen LogP contribution in [0.4, 0.5) is 0 Å². The van der Waals surface area contributed by atoms with E-state index in [4.69, 9.17) is 14.5 Å². The molecule has 8 nitrogen and oxygen atoms in total. The summed E-state index contributed by atoms with van der Waals surface area (Å²) >= 11 is 0. The number of halogens is 1. The molecule has 0 radical (unpaired) electrons. The lowest BCUT2D eigenvalue weighted by atomic mass is 10.1. The number of hydrogen-bond acceptors (Lipinski definition) is 5. The summed E-state index contributed by atoms with van der Waals surface area (Å²) in [4.78, 5) is 4.83. The van der Waals surface area contributed by atoms with E-state index < -0.39 is 0 Å². The first-order valence-electron chi connectivity index (χ1n) is 11.3. The number of nitrogens with zero attached hydrogens (tertiary/aromatic N) is 4. The maximum atomic E-state index is 6.35. The van der Waals surface area contributed by atoms with Crippen LogP contribution < -0.4 is 20.1 Å². The van der Waals surface area contributed by atoms with Crippen LogP contribution in [0.5, 0.6) is 11.5 Å². The molecule has 9 heteroatoms. The molecule has 1 saturated carbocycles. The average Bonchev–Trinajstić information content (AvgIpc) is 3.41. The van der Waals surface area contributed by atoms with Gasteiger partial charge in [-0.1, -0.05) is 25.5 Å². The quantitative estimate of drug-likeness (QED) is 0.198. The molecule has 0 spiro atoms. The van der Waals surface area contributed by atoms with Crippen LogP contribution >= 0.6 is 24.0 Å². The monoisotopic (exact) mass is 556 g/mol. The summed E-state index contributed by atoms with van der Waals surface area (Å²) in [7, 11) is 3.66. The second-order valence-electron chi connectivity index (χ2n) is 7.99. The maximum absolute atomic E-state index is 6.35. The highest BCUT2D eigenvalue weighted by Crippen LogP contribution is 2.35. The van der Waals surface area contributed by atoms with E-state index >= 15 is 0 Å². The number of unbranched alkanes of at least 4 members (excludes halogenated alkanes) is 1. The largest absolute Gasteiger partial charge is 0.493 e. The van der Waals surface area contributed by atoms with Crippen molar-refractivity contribution in [1.82, 2.24) is 25.4 Å². The predicted molar refractivity (Wildman–Crippen MR) is 138 cm³/mol. The third kappa shape index (κ3) is 7.25. The van der Waals surface area contributed by atoms with Crippen molar-refractivity contribution in [1.29, 1.82) is 0 Å². The van der Waals surface area contributed by atoms with Crippen LogP contribution in [0, 0.1) is 6.92 Å². The highest BCUT2D eigenvalue weighted by atomic mass is 127. The number of guanidine groups is 1. The molecule has 0 saturated heterocycles. The molecule has 1 aliphatic carbocycles. The van der Waals surface area contributed by atoms with Crippen LogP contribution in [0.15, 0.2) is 23.2 Å². The van der Waals surface area contributed by atoms with E-state index in [-0.39, 0.29) is 30.1 Å². The molecule has 1 aromatic carbocycles. The van der Waals surface area contributed by atoms with Gasteiger partial charge in [-0.15, -0.1) is 34.2 Å². The highest BCUT2D eigenvalue weighted by molar-refractivity contribution is 14.0. The van der Waals surface area contributed by atoms with Gasteiger partial charge < -0.3 is 24.7 Å². The van der Waals surface area contributed by atoms with E-state index in [0.717, 1.165) is 66.9 Å². The van der Waals surface area contributed by atoms with Crippen molar-refractivity contribution in [2.75, 3.05) is 13.7 Å². The lowest BCUT2D eigenvalue weighted by Gasteiger charge is -2.19. The van der Waals surface area contributed by atoms with Gasteiger partial charge in [0.25, 0.3) is 0 Å². The molecule has 32 heavy (non-hydrogen) atoms. The summed E-state index contributed by atoms with van der Waals surface area (Å²) in [5, 5.41) is 15.2. The Balaban J connectivity index is 0.00000363. The number of aromatic nitrogens is 3. The van der Waals surface area contributed by atoms with Gasteiger partial charge in [0, 0.05) is 19.2 Å². The first kappa shape index (κ1) is 26.2. The van der Waals surface area contributed by atoms with Crippen molar-refractivity contribution >= 4 is 29.9 Å². The Bertz CT molecular complexity index is 864. The summed E-state index contributed by atoms with van der Waals surface area (Å²) in [6, 6.07) is 6.00. The average molecular weight is 556 g/mol. The van der Waals surface area contributed by atoms with Gasteiger partial charge in [-0.05, 0) is 45.1 Å². The summed E-state index contributed by atoms with van der Waals surface area (Å²) in [5.74, 6) is 4.09. The van der Waals surface area contributed by atoms with E-state index in [9.17, 15) is 0 Å². The Morgan fingerprint density at radius 2 is 2.00 bits per heavy atom. The molecule has 1 fully saturated rings. The summed E-state index contributed by atoms with van der Waals surface area (Å²) in [6.07, 6.45) is 7.12. The van der Waals surface area contributed by atoms with E-state index in [0.29, 0.717) is 13.1 Å². The zero-order chi connectivity index (χ0) is 22.1. The van der Waals surface area contributed by atoms with Crippen molar-refractivity contribution in [3.63, 3.8) is 0 Å². The molecule has 0 bridgehead atoms. The summed E-state index contributed by atoms with van der Waals surface area (Å²) < 4.78 is 13.9. The number of hydrogen-bond donors (Lipinski definition) is 2. The Morgan fingerprint density at radius 1 is 1.22 bits per heavy atom. The van der Waals surface area contributed by atoms with E-state index in [1.807, 2.05) is 30.7 Å². The van der Waals surface area contributed by atoms with Gasteiger partial charge in [0.2, 0.25) is 0 Å². The van der Waals surface area contributed by atoms with Gasteiger partial charge in [-0.25, -0.2) is 4.99 Å². The number of aliphatic imine (C=N–C) groups is 1. The van der Waals surface area contributed by atoms with E-state index in [1.54, 1.807) is 7.11 Å². The molecule has 0 atom stereocenters. The fourth-order valence-corrected chi connectivity index (χ4v) is 3.64. The fraction of sp³-hybridized carbons (Fsp3) is 0.609. The topological polar surface area (TPSA) is 85.6 Å². The first-order chi connectivity index (χ1) is 15.1. The predicted octanol–water partition coefficient (Wildman–Crippen LogP) is 4.11. The van der Waals surface area contributed by atoms with Gasteiger partial charge in [-0.3, -0.25) is 0 Å². The number of ether oxygens (including phenoxy) is 2. The molecule has 1 heterocycles. The Morgan fingerprint density at radius 3 is 2.66 bits per heavy atom. The molecular weight excluding hydrogens is 519 g/mol. The molecule has 3 rings (SSSR count). The molecule has 2 N–H and O–H groups in total. The third-order valence-corrected chi connectivity index (χ3v) is 5.69. The molecular formula is C23H37IN6O2. The van der Waals surface area contributed by atoms with Crippen molar-refractivity contribution in [3.8, 4) is 11.5 Å². The van der Waals surface area contributed by atoms with Crippen LogP contribution in [0.25, 0.3) is 0 Å². The minimum absolute atomic E-state index is 0. The van der Waals surface area contributed by atoms with Gasteiger partial charge in [0.05, 0.1) is 26.3 Å². The standard InChI is InChI=1S/C23H36N6O2.HI/c1-5-6-14-24-23(26-16-21-28-27-17(2)29(21)3)25-15-18-10-9-13-20(30-4)22(18)31-19-11-7-8-12-19;/h9-10,13,19H,5-8,11-12,14-16H2,1-4H3,(H2,24,25,26);1H. The zero-order valence-corrected chi connectivity index (χ0v) is 22.0. The second kappa shape index (κ2) is 13.5. The second-order valence-corrected chi connectivity index (χ2v) is 7.99. The molecule has 0 aliphatic heterocycles. The van der Waals surface area contributed by atoms with Crippen molar-refractivity contribution in [2.24, 2.45) is 12.0 Å². The number of rotatable bonds is 10. The third-order valence-electron chi connectivity index (χ3n) is 5.69. The van der Waals surface area contributed by atoms with Gasteiger partial charge in [0.1, 0.15) is 5.82 Å². The van der Waals surface area contributed by atoms with Crippen molar-refractivity contribution in [3.05, 3.63) is 35.4 Å². The minimum Gasteiger partial charge on any atom is -0.493 e.